The second-order valence-electron chi connectivity index (χ2n) is 5.06. The third kappa shape index (κ3) is 4.98. The molecule has 21 heavy (non-hydrogen) atoms. The Labute approximate surface area is 124 Å². The van der Waals surface area contributed by atoms with Gasteiger partial charge in [0.2, 0.25) is 5.88 Å². The molecule has 0 radical (unpaired) electrons. The number of nitrogens with one attached hydrogen (secondary N) is 1. The van der Waals surface area contributed by atoms with Crippen molar-refractivity contribution in [1.82, 2.24) is 19.9 Å². The quantitative estimate of drug-likeness (QED) is 0.939. The summed E-state index contributed by atoms with van der Waals surface area (Å²) in [5.41, 5.74) is 1.43. The van der Waals surface area contributed by atoms with E-state index in [4.69, 9.17) is 4.74 Å². The predicted molar refractivity (Wildman–Crippen MR) is 81.6 cm³/mol. The summed E-state index contributed by atoms with van der Waals surface area (Å²) in [6, 6.07) is 0. The Morgan fingerprint density at radius 2 is 1.52 bits per heavy atom. The fourth-order valence-corrected chi connectivity index (χ4v) is 1.66. The molecule has 0 saturated heterocycles. The lowest BCUT2D eigenvalue weighted by Gasteiger charge is -2.07. The molecule has 0 unspecified atom stereocenters. The molecular formula is C15H22N4O2. The first-order valence-corrected chi connectivity index (χ1v) is 6.85. The van der Waals surface area contributed by atoms with Crippen molar-refractivity contribution < 1.29 is 4.74 Å². The van der Waals surface area contributed by atoms with Gasteiger partial charge in [-0.25, -0.2) is 4.98 Å². The van der Waals surface area contributed by atoms with Gasteiger partial charge in [0.15, 0.2) is 0 Å². The number of hydrogen-bond acceptors (Lipinski definition) is 5. The number of nitrogens with zero attached hydrogens (tertiary/aromatic N) is 3. The number of aromatic nitrogens is 4. The fourth-order valence-electron chi connectivity index (χ4n) is 1.66. The van der Waals surface area contributed by atoms with Crippen molar-refractivity contribution >= 4 is 0 Å². The van der Waals surface area contributed by atoms with Crippen molar-refractivity contribution in [2.24, 2.45) is 0 Å². The molecule has 0 bridgehead atoms. The van der Waals surface area contributed by atoms with Crippen LogP contribution in [0.15, 0.2) is 29.6 Å². The molecule has 0 aliphatic carbocycles. The van der Waals surface area contributed by atoms with Crippen LogP contribution in [0, 0.1) is 0 Å². The lowest BCUT2D eigenvalue weighted by atomic mass is 10.1. The molecule has 0 amide bonds. The van der Waals surface area contributed by atoms with Crippen LogP contribution in [-0.4, -0.2) is 27.0 Å². The molecule has 114 valence electrons. The van der Waals surface area contributed by atoms with Crippen LogP contribution in [0.3, 0.4) is 0 Å². The van der Waals surface area contributed by atoms with E-state index in [9.17, 15) is 4.79 Å². The highest BCUT2D eigenvalue weighted by molar-refractivity contribution is 5.20. The Morgan fingerprint density at radius 3 is 1.95 bits per heavy atom. The molecule has 0 atom stereocenters. The van der Waals surface area contributed by atoms with Crippen LogP contribution in [0.2, 0.25) is 0 Å². The Balaban J connectivity index is 0.000000211. The standard InChI is InChI=1S/C8H12N2O.C7H10N2O/c1-6(2)7-8(11-3)10-5-4-9-7;1-5(2)6-7(10)9-4-3-8-6/h4-6H,1-3H3;3-5H,1-2H3,(H,9,10). The second-order valence-corrected chi connectivity index (χ2v) is 5.06. The van der Waals surface area contributed by atoms with E-state index in [2.05, 4.69) is 33.8 Å². The van der Waals surface area contributed by atoms with Crippen LogP contribution in [0.1, 0.15) is 50.9 Å². The van der Waals surface area contributed by atoms with E-state index in [1.165, 1.54) is 6.20 Å². The van der Waals surface area contributed by atoms with Crippen molar-refractivity contribution in [1.29, 1.82) is 0 Å². The maximum atomic E-state index is 10.9. The molecule has 0 aromatic carbocycles. The molecule has 0 aliphatic heterocycles. The zero-order valence-electron chi connectivity index (χ0n) is 13.1. The maximum Gasteiger partial charge on any atom is 0.269 e. The Kier molecular flexibility index (Phi) is 6.52. The molecular weight excluding hydrogens is 268 g/mol. The summed E-state index contributed by atoms with van der Waals surface area (Å²) >= 11 is 0. The van der Waals surface area contributed by atoms with E-state index in [0.717, 1.165) is 5.69 Å². The Bertz CT molecular complexity index is 608. The molecule has 2 aromatic heterocycles. The molecule has 0 spiro atoms. The topological polar surface area (TPSA) is 80.8 Å². The molecule has 6 heteroatoms. The van der Waals surface area contributed by atoms with Crippen LogP contribution in [-0.2, 0) is 0 Å². The summed E-state index contributed by atoms with van der Waals surface area (Å²) < 4.78 is 5.03. The first kappa shape index (κ1) is 16.8. The van der Waals surface area contributed by atoms with Gasteiger partial charge in [-0.2, -0.15) is 0 Å². The van der Waals surface area contributed by atoms with Gasteiger partial charge in [-0.15, -0.1) is 0 Å². The number of rotatable bonds is 3. The van der Waals surface area contributed by atoms with E-state index in [1.54, 1.807) is 25.7 Å². The summed E-state index contributed by atoms with van der Waals surface area (Å²) in [4.78, 5) is 25.6. The number of hydrogen-bond donors (Lipinski definition) is 1. The van der Waals surface area contributed by atoms with Gasteiger partial charge in [-0.1, -0.05) is 27.7 Å². The van der Waals surface area contributed by atoms with E-state index in [0.29, 0.717) is 17.5 Å². The Hall–Kier alpha value is -2.24. The van der Waals surface area contributed by atoms with Crippen molar-refractivity contribution in [3.8, 4) is 5.88 Å². The van der Waals surface area contributed by atoms with Crippen LogP contribution in [0.4, 0.5) is 0 Å². The molecule has 1 N–H and O–H groups in total. The van der Waals surface area contributed by atoms with Crippen molar-refractivity contribution in [2.75, 3.05) is 7.11 Å². The van der Waals surface area contributed by atoms with Gasteiger partial charge < -0.3 is 9.72 Å². The minimum atomic E-state index is -0.0856. The lowest BCUT2D eigenvalue weighted by Crippen LogP contribution is -2.14. The first-order chi connectivity index (χ1) is 9.97. The van der Waals surface area contributed by atoms with Crippen molar-refractivity contribution in [3.63, 3.8) is 0 Å². The van der Waals surface area contributed by atoms with Crippen molar-refractivity contribution in [3.05, 3.63) is 46.5 Å². The van der Waals surface area contributed by atoms with Gasteiger partial charge in [0.25, 0.3) is 5.56 Å². The van der Waals surface area contributed by atoms with Gasteiger partial charge in [-0.3, -0.25) is 14.8 Å². The lowest BCUT2D eigenvalue weighted by molar-refractivity contribution is 0.386. The first-order valence-electron chi connectivity index (χ1n) is 6.85. The number of H-pyrrole nitrogens is 1. The molecule has 2 rings (SSSR count). The van der Waals surface area contributed by atoms with Crippen LogP contribution < -0.4 is 10.3 Å². The molecule has 2 aromatic rings. The SMILES string of the molecule is CC(C)c1ncc[nH]c1=O.COc1nccnc1C(C)C. The maximum absolute atomic E-state index is 10.9. The van der Waals surface area contributed by atoms with Gasteiger partial charge in [-0.05, 0) is 0 Å². The predicted octanol–water partition coefficient (Wildman–Crippen LogP) is 2.50. The molecule has 6 nitrogen and oxygen atoms in total. The van der Waals surface area contributed by atoms with Gasteiger partial charge >= 0.3 is 0 Å². The summed E-state index contributed by atoms with van der Waals surface area (Å²) in [5.74, 6) is 1.19. The molecule has 0 aliphatic rings. The largest absolute Gasteiger partial charge is 0.480 e. The number of methoxy groups -OCH3 is 1. The fraction of sp³-hybridized carbons (Fsp3) is 0.467. The molecule has 0 fully saturated rings. The highest BCUT2D eigenvalue weighted by Gasteiger charge is 2.07. The van der Waals surface area contributed by atoms with Crippen molar-refractivity contribution in [2.45, 2.75) is 39.5 Å². The molecule has 2 heterocycles. The average molecular weight is 290 g/mol. The highest BCUT2D eigenvalue weighted by Crippen LogP contribution is 2.19. The normalized spacial score (nSPS) is 10.2. The van der Waals surface area contributed by atoms with E-state index < -0.39 is 0 Å². The van der Waals surface area contributed by atoms with E-state index in [-0.39, 0.29) is 11.5 Å². The summed E-state index contributed by atoms with van der Waals surface area (Å²) in [6.45, 7) is 8.01. The van der Waals surface area contributed by atoms with Gasteiger partial charge in [0.05, 0.1) is 7.11 Å². The van der Waals surface area contributed by atoms with Crippen LogP contribution in [0.5, 0.6) is 5.88 Å². The van der Waals surface area contributed by atoms with Gasteiger partial charge in [0, 0.05) is 36.6 Å². The summed E-state index contributed by atoms with van der Waals surface area (Å²) in [6.07, 6.45) is 6.44. The number of ether oxygens (including phenoxy) is 1. The van der Waals surface area contributed by atoms with Crippen LogP contribution in [0.25, 0.3) is 0 Å². The molecule has 0 saturated carbocycles. The van der Waals surface area contributed by atoms with E-state index in [1.807, 2.05) is 13.8 Å². The smallest absolute Gasteiger partial charge is 0.269 e. The summed E-state index contributed by atoms with van der Waals surface area (Å²) in [7, 11) is 1.61. The highest BCUT2D eigenvalue weighted by atomic mass is 16.5. The minimum absolute atomic E-state index is 0.0856. The average Bonchev–Trinajstić information content (AvgIpc) is 2.48. The third-order valence-electron chi connectivity index (χ3n) is 2.71. The van der Waals surface area contributed by atoms with Gasteiger partial charge in [0.1, 0.15) is 11.4 Å². The minimum Gasteiger partial charge on any atom is -0.480 e. The second kappa shape index (κ2) is 8.14. The number of aromatic amines is 1. The Morgan fingerprint density at radius 1 is 0.952 bits per heavy atom. The summed E-state index contributed by atoms with van der Waals surface area (Å²) in [5, 5.41) is 0. The van der Waals surface area contributed by atoms with E-state index >= 15 is 0 Å². The van der Waals surface area contributed by atoms with Crippen LogP contribution >= 0.6 is 0 Å². The monoisotopic (exact) mass is 290 g/mol. The third-order valence-corrected chi connectivity index (χ3v) is 2.71. The zero-order valence-corrected chi connectivity index (χ0v) is 13.1. The zero-order chi connectivity index (χ0) is 15.8.